The summed E-state index contributed by atoms with van der Waals surface area (Å²) >= 11 is 0. The molecule has 0 radical (unpaired) electrons. The van der Waals surface area contributed by atoms with Crippen molar-refractivity contribution in [2.24, 2.45) is 0 Å². The molecular formula is C19H26N2O3. The number of amides is 2. The Labute approximate surface area is 143 Å². The van der Waals surface area contributed by atoms with Gasteiger partial charge in [-0.1, -0.05) is 36.4 Å². The standard InChI is InChI=1S/C19H26N2O3/c1-23-19(9-12-24-13-10-19)15-20-18(22)21-11-5-8-17(14-21)16-6-3-2-4-7-16/h2-4,6-8H,5,9-15H2,1H3,(H,20,22). The average Bonchev–Trinajstić information content (AvgIpc) is 2.67. The Morgan fingerprint density at radius 2 is 2.04 bits per heavy atom. The molecule has 5 nitrogen and oxygen atoms in total. The van der Waals surface area contributed by atoms with Crippen LogP contribution in [0, 0.1) is 0 Å². The quantitative estimate of drug-likeness (QED) is 0.923. The van der Waals surface area contributed by atoms with Gasteiger partial charge >= 0.3 is 6.03 Å². The molecule has 1 saturated heterocycles. The third kappa shape index (κ3) is 3.97. The summed E-state index contributed by atoms with van der Waals surface area (Å²) in [6.07, 6.45) is 4.76. The van der Waals surface area contributed by atoms with Gasteiger partial charge in [-0.05, 0) is 17.6 Å². The van der Waals surface area contributed by atoms with Crippen LogP contribution >= 0.6 is 0 Å². The zero-order chi connectivity index (χ0) is 16.8. The Morgan fingerprint density at radius 3 is 2.75 bits per heavy atom. The molecular weight excluding hydrogens is 304 g/mol. The first-order valence-electron chi connectivity index (χ1n) is 8.63. The topological polar surface area (TPSA) is 50.8 Å². The van der Waals surface area contributed by atoms with Crippen molar-refractivity contribution >= 4 is 11.6 Å². The monoisotopic (exact) mass is 330 g/mol. The second-order valence-electron chi connectivity index (χ2n) is 6.46. The maximum absolute atomic E-state index is 12.6. The van der Waals surface area contributed by atoms with Gasteiger partial charge in [0.2, 0.25) is 0 Å². The molecule has 3 rings (SSSR count). The van der Waals surface area contributed by atoms with Gasteiger partial charge in [0.05, 0.1) is 5.60 Å². The van der Waals surface area contributed by atoms with Crippen molar-refractivity contribution in [3.63, 3.8) is 0 Å². The van der Waals surface area contributed by atoms with E-state index in [4.69, 9.17) is 9.47 Å². The normalized spacial score (nSPS) is 20.4. The third-order valence-corrected chi connectivity index (χ3v) is 4.98. The molecule has 1 N–H and O–H groups in total. The van der Waals surface area contributed by atoms with E-state index in [1.165, 1.54) is 11.1 Å². The van der Waals surface area contributed by atoms with Gasteiger partial charge in [0.15, 0.2) is 0 Å². The van der Waals surface area contributed by atoms with Crippen molar-refractivity contribution in [1.82, 2.24) is 10.2 Å². The molecule has 5 heteroatoms. The SMILES string of the molecule is COC1(CNC(=O)N2CCC=C(c3ccccc3)C2)CCOCC1. The highest BCUT2D eigenvalue weighted by molar-refractivity contribution is 5.78. The molecule has 2 heterocycles. The van der Waals surface area contributed by atoms with E-state index < -0.39 is 0 Å². The van der Waals surface area contributed by atoms with Crippen LogP contribution in [0.3, 0.4) is 0 Å². The predicted octanol–water partition coefficient (Wildman–Crippen LogP) is 2.68. The number of nitrogens with one attached hydrogen (secondary N) is 1. The number of methoxy groups -OCH3 is 1. The number of hydrogen-bond acceptors (Lipinski definition) is 3. The lowest BCUT2D eigenvalue weighted by molar-refractivity contribution is -0.0864. The molecule has 1 fully saturated rings. The highest BCUT2D eigenvalue weighted by Gasteiger charge is 2.33. The van der Waals surface area contributed by atoms with Gasteiger partial charge in [-0.25, -0.2) is 4.79 Å². The Morgan fingerprint density at radius 1 is 1.29 bits per heavy atom. The number of benzene rings is 1. The van der Waals surface area contributed by atoms with Crippen LogP contribution in [-0.2, 0) is 9.47 Å². The van der Waals surface area contributed by atoms with Crippen LogP contribution in [0.25, 0.3) is 5.57 Å². The summed E-state index contributed by atoms with van der Waals surface area (Å²) in [5.74, 6) is 0. The van der Waals surface area contributed by atoms with Crippen LogP contribution in [0.5, 0.6) is 0 Å². The Hall–Kier alpha value is -1.85. The van der Waals surface area contributed by atoms with Gasteiger partial charge in [0.1, 0.15) is 0 Å². The number of ether oxygens (including phenoxy) is 2. The first kappa shape index (κ1) is 17.0. The van der Waals surface area contributed by atoms with Gasteiger partial charge in [-0.2, -0.15) is 0 Å². The number of carbonyl (C=O) groups is 1. The van der Waals surface area contributed by atoms with E-state index in [1.54, 1.807) is 7.11 Å². The highest BCUT2D eigenvalue weighted by atomic mass is 16.5. The van der Waals surface area contributed by atoms with E-state index >= 15 is 0 Å². The third-order valence-electron chi connectivity index (χ3n) is 4.98. The average molecular weight is 330 g/mol. The predicted molar refractivity (Wildman–Crippen MR) is 93.8 cm³/mol. The van der Waals surface area contributed by atoms with E-state index in [-0.39, 0.29) is 11.6 Å². The number of hydrogen-bond donors (Lipinski definition) is 1. The molecule has 0 aromatic heterocycles. The molecule has 0 bridgehead atoms. The molecule has 24 heavy (non-hydrogen) atoms. The van der Waals surface area contributed by atoms with Crippen LogP contribution in [0.1, 0.15) is 24.8 Å². The molecule has 1 aromatic carbocycles. The molecule has 2 aliphatic rings. The van der Waals surface area contributed by atoms with Crippen molar-refractivity contribution in [2.75, 3.05) is 40.0 Å². The second kappa shape index (κ2) is 7.81. The minimum atomic E-state index is -0.290. The minimum absolute atomic E-state index is 0.0144. The molecule has 2 amide bonds. The van der Waals surface area contributed by atoms with E-state index in [2.05, 4.69) is 23.5 Å². The second-order valence-corrected chi connectivity index (χ2v) is 6.46. The first-order valence-corrected chi connectivity index (χ1v) is 8.63. The van der Waals surface area contributed by atoms with Crippen LogP contribution < -0.4 is 5.32 Å². The van der Waals surface area contributed by atoms with Crippen molar-refractivity contribution in [1.29, 1.82) is 0 Å². The molecule has 130 valence electrons. The van der Waals surface area contributed by atoms with Crippen LogP contribution in [0.2, 0.25) is 0 Å². The molecule has 2 aliphatic heterocycles. The fraction of sp³-hybridized carbons (Fsp3) is 0.526. The molecule has 1 aromatic rings. The summed E-state index contributed by atoms with van der Waals surface area (Å²) in [7, 11) is 1.72. The zero-order valence-electron chi connectivity index (χ0n) is 14.3. The fourth-order valence-electron chi connectivity index (χ4n) is 3.32. The number of urea groups is 1. The van der Waals surface area contributed by atoms with Gasteiger partial charge in [0.25, 0.3) is 0 Å². The summed E-state index contributed by atoms with van der Waals surface area (Å²) in [4.78, 5) is 14.5. The summed E-state index contributed by atoms with van der Waals surface area (Å²) in [5, 5.41) is 3.07. The Balaban J connectivity index is 1.57. The molecule has 0 atom stereocenters. The summed E-state index contributed by atoms with van der Waals surface area (Å²) in [6, 6.07) is 10.2. The number of rotatable bonds is 4. The van der Waals surface area contributed by atoms with Gasteiger partial charge in [0, 0.05) is 52.8 Å². The zero-order valence-corrected chi connectivity index (χ0v) is 14.3. The number of carbonyl (C=O) groups excluding carboxylic acids is 1. The van der Waals surface area contributed by atoms with Crippen LogP contribution in [0.4, 0.5) is 4.79 Å². The van der Waals surface area contributed by atoms with Gasteiger partial charge in [-0.3, -0.25) is 0 Å². The van der Waals surface area contributed by atoms with E-state index in [9.17, 15) is 4.79 Å². The van der Waals surface area contributed by atoms with E-state index in [0.29, 0.717) is 26.3 Å². The summed E-state index contributed by atoms with van der Waals surface area (Å²) in [6.45, 7) is 3.32. The molecule has 0 unspecified atom stereocenters. The van der Waals surface area contributed by atoms with Crippen LogP contribution in [-0.4, -0.2) is 56.5 Å². The van der Waals surface area contributed by atoms with Crippen molar-refractivity contribution in [2.45, 2.75) is 24.9 Å². The smallest absolute Gasteiger partial charge is 0.317 e. The fourth-order valence-corrected chi connectivity index (χ4v) is 3.32. The van der Waals surface area contributed by atoms with Crippen molar-refractivity contribution < 1.29 is 14.3 Å². The summed E-state index contributed by atoms with van der Waals surface area (Å²) < 4.78 is 11.1. The van der Waals surface area contributed by atoms with Gasteiger partial charge in [-0.15, -0.1) is 0 Å². The van der Waals surface area contributed by atoms with Crippen molar-refractivity contribution in [3.8, 4) is 0 Å². The first-order chi connectivity index (χ1) is 11.7. The lowest BCUT2D eigenvalue weighted by Gasteiger charge is -2.37. The molecule has 0 saturated carbocycles. The lowest BCUT2D eigenvalue weighted by Crippen LogP contribution is -2.51. The molecule has 0 spiro atoms. The maximum Gasteiger partial charge on any atom is 0.317 e. The largest absolute Gasteiger partial charge is 0.381 e. The summed E-state index contributed by atoms with van der Waals surface area (Å²) in [5.41, 5.74) is 2.11. The van der Waals surface area contributed by atoms with E-state index in [0.717, 1.165) is 25.8 Å². The Bertz CT molecular complexity index is 580. The Kier molecular flexibility index (Phi) is 5.53. The highest BCUT2D eigenvalue weighted by Crippen LogP contribution is 2.24. The molecule has 0 aliphatic carbocycles. The van der Waals surface area contributed by atoms with E-state index in [1.807, 2.05) is 23.1 Å². The minimum Gasteiger partial charge on any atom is -0.381 e. The van der Waals surface area contributed by atoms with Crippen LogP contribution in [0.15, 0.2) is 36.4 Å². The number of nitrogens with zero attached hydrogens (tertiary/aromatic N) is 1. The van der Waals surface area contributed by atoms with Crippen molar-refractivity contribution in [3.05, 3.63) is 42.0 Å². The lowest BCUT2D eigenvalue weighted by atomic mass is 9.94. The van der Waals surface area contributed by atoms with Gasteiger partial charge < -0.3 is 19.7 Å². The maximum atomic E-state index is 12.6.